The Bertz CT molecular complexity index is 606. The molecule has 5 heteroatoms. The molecule has 0 fully saturated rings. The highest BCUT2D eigenvalue weighted by Gasteiger charge is 2.57. The summed E-state index contributed by atoms with van der Waals surface area (Å²) in [6.07, 6.45) is 1.46. The molecule has 0 bridgehead atoms. The van der Waals surface area contributed by atoms with Crippen molar-refractivity contribution < 1.29 is 25.2 Å². The van der Waals surface area contributed by atoms with E-state index in [1.807, 2.05) is 47.6 Å². The first kappa shape index (κ1) is 22.6. The summed E-state index contributed by atoms with van der Waals surface area (Å²) in [6, 6.07) is 0. The van der Waals surface area contributed by atoms with Gasteiger partial charge in [-0.25, -0.2) is 0 Å². The number of Topliss-reactive ketones (excluding diaryl/α,β-unsaturated/α-hetero) is 1. The lowest BCUT2D eigenvalue weighted by atomic mass is 9.79. The Morgan fingerprint density at radius 2 is 1.69 bits per heavy atom. The first-order valence-electron chi connectivity index (χ1n) is 9.24. The van der Waals surface area contributed by atoms with Gasteiger partial charge in [0.2, 0.25) is 0 Å². The highest BCUT2D eigenvalue weighted by molar-refractivity contribution is 5.98. The number of carbonyl (C=O) groups excluding carboxylic acids is 1. The van der Waals surface area contributed by atoms with Gasteiger partial charge in [0.05, 0.1) is 17.8 Å². The van der Waals surface area contributed by atoms with Crippen LogP contribution >= 0.6 is 0 Å². The molecule has 0 heterocycles. The van der Waals surface area contributed by atoms with E-state index in [0.29, 0.717) is 0 Å². The van der Waals surface area contributed by atoms with E-state index >= 15 is 0 Å². The number of hydrogen-bond donors (Lipinski definition) is 4. The molecule has 0 saturated heterocycles. The number of carbonyl (C=O) groups is 1. The first-order chi connectivity index (χ1) is 11.9. The van der Waals surface area contributed by atoms with Crippen molar-refractivity contribution in [1.29, 1.82) is 0 Å². The SMILES string of the molecule is CC(C)=CCC(O)C1(O)C(O)=C(C(=O)CC(C)C)C(O)C1CC=C(C)C. The van der Waals surface area contributed by atoms with Crippen LogP contribution in [-0.4, -0.2) is 44.0 Å². The lowest BCUT2D eigenvalue weighted by molar-refractivity contribution is -0.118. The maximum atomic E-state index is 12.5. The summed E-state index contributed by atoms with van der Waals surface area (Å²) < 4.78 is 0. The monoisotopic (exact) mass is 366 g/mol. The Hall–Kier alpha value is -1.43. The second kappa shape index (κ2) is 8.98. The zero-order valence-corrected chi connectivity index (χ0v) is 16.8. The molecule has 4 N–H and O–H groups in total. The van der Waals surface area contributed by atoms with Gasteiger partial charge >= 0.3 is 0 Å². The van der Waals surface area contributed by atoms with Crippen LogP contribution in [0, 0.1) is 11.8 Å². The molecule has 0 aromatic rings. The van der Waals surface area contributed by atoms with E-state index in [-0.39, 0.29) is 30.8 Å². The van der Waals surface area contributed by atoms with Gasteiger partial charge in [-0.05, 0) is 46.5 Å². The lowest BCUT2D eigenvalue weighted by Crippen LogP contribution is -2.50. The van der Waals surface area contributed by atoms with Crippen LogP contribution in [0.3, 0.4) is 0 Å². The molecule has 26 heavy (non-hydrogen) atoms. The van der Waals surface area contributed by atoms with Crippen LogP contribution in [0.5, 0.6) is 0 Å². The van der Waals surface area contributed by atoms with E-state index in [9.17, 15) is 25.2 Å². The minimum atomic E-state index is -2.06. The number of aliphatic hydroxyl groups is 4. The van der Waals surface area contributed by atoms with Crippen LogP contribution in [-0.2, 0) is 4.79 Å². The summed E-state index contributed by atoms with van der Waals surface area (Å²) in [4.78, 5) is 12.5. The number of allylic oxidation sites excluding steroid dienone is 3. The molecule has 0 saturated carbocycles. The van der Waals surface area contributed by atoms with Gasteiger partial charge in [0.1, 0.15) is 5.76 Å². The minimum Gasteiger partial charge on any atom is -0.509 e. The number of hydrogen-bond acceptors (Lipinski definition) is 5. The van der Waals surface area contributed by atoms with Crippen molar-refractivity contribution in [3.8, 4) is 0 Å². The van der Waals surface area contributed by atoms with E-state index in [2.05, 4.69) is 0 Å². The van der Waals surface area contributed by atoms with Gasteiger partial charge in [-0.15, -0.1) is 0 Å². The maximum absolute atomic E-state index is 12.5. The summed E-state index contributed by atoms with van der Waals surface area (Å²) in [5.74, 6) is -1.81. The molecule has 148 valence electrons. The standard InChI is InChI=1S/C21H34O5/c1-12(2)7-9-15-19(24)18(16(22)11-14(5)6)20(25)21(15,26)17(23)10-8-13(3)4/h7-8,14-15,17,19,23-26H,9-11H2,1-6H3. The first-order valence-corrected chi connectivity index (χ1v) is 9.24. The van der Waals surface area contributed by atoms with Crippen LogP contribution in [0.1, 0.15) is 60.8 Å². The zero-order valence-electron chi connectivity index (χ0n) is 16.8. The fourth-order valence-electron chi connectivity index (χ4n) is 3.35. The molecule has 0 spiro atoms. The second-order valence-corrected chi connectivity index (χ2v) is 8.21. The minimum absolute atomic E-state index is 0.0514. The molecule has 1 rings (SSSR count). The van der Waals surface area contributed by atoms with Crippen molar-refractivity contribution in [3.05, 3.63) is 34.6 Å². The molecule has 5 nitrogen and oxygen atoms in total. The summed E-state index contributed by atoms with van der Waals surface area (Å²) in [5.41, 5.74) is -0.268. The third kappa shape index (κ3) is 4.84. The van der Waals surface area contributed by atoms with Gasteiger partial charge in [0, 0.05) is 12.3 Å². The molecule has 0 aromatic carbocycles. The summed E-state index contributed by atoms with van der Waals surface area (Å²) in [6.45, 7) is 11.2. The smallest absolute Gasteiger partial charge is 0.165 e. The van der Waals surface area contributed by atoms with E-state index in [0.717, 1.165) is 11.1 Å². The Balaban J connectivity index is 3.35. The van der Waals surface area contributed by atoms with Gasteiger partial charge in [0.25, 0.3) is 0 Å². The highest BCUT2D eigenvalue weighted by atomic mass is 16.4. The fourth-order valence-corrected chi connectivity index (χ4v) is 3.35. The molecule has 0 amide bonds. The van der Waals surface area contributed by atoms with Crippen molar-refractivity contribution in [3.63, 3.8) is 0 Å². The molecule has 4 unspecified atom stereocenters. The van der Waals surface area contributed by atoms with Crippen molar-refractivity contribution in [2.24, 2.45) is 11.8 Å². The van der Waals surface area contributed by atoms with Gasteiger partial charge in [0.15, 0.2) is 11.4 Å². The van der Waals surface area contributed by atoms with Crippen LogP contribution < -0.4 is 0 Å². The Morgan fingerprint density at radius 1 is 1.15 bits per heavy atom. The van der Waals surface area contributed by atoms with Crippen LogP contribution in [0.2, 0.25) is 0 Å². The Labute approximate surface area is 156 Å². The van der Waals surface area contributed by atoms with E-state index < -0.39 is 35.3 Å². The van der Waals surface area contributed by atoms with Crippen LogP contribution in [0.4, 0.5) is 0 Å². The van der Waals surface area contributed by atoms with E-state index in [1.54, 1.807) is 6.08 Å². The van der Waals surface area contributed by atoms with Crippen molar-refractivity contribution in [2.45, 2.75) is 78.6 Å². The Kier molecular flexibility index (Phi) is 7.81. The molecule has 1 aliphatic carbocycles. The zero-order chi connectivity index (χ0) is 20.2. The molecular weight excluding hydrogens is 332 g/mol. The van der Waals surface area contributed by atoms with Gasteiger partial charge in [-0.2, -0.15) is 0 Å². The predicted octanol–water partition coefficient (Wildman–Crippen LogP) is 3.21. The lowest BCUT2D eigenvalue weighted by Gasteiger charge is -2.35. The van der Waals surface area contributed by atoms with Crippen molar-refractivity contribution in [2.75, 3.05) is 0 Å². The molecule has 0 aromatic heterocycles. The van der Waals surface area contributed by atoms with Crippen molar-refractivity contribution >= 4 is 5.78 Å². The number of rotatable bonds is 8. The quantitative estimate of drug-likeness (QED) is 0.495. The predicted molar refractivity (Wildman–Crippen MR) is 103 cm³/mol. The van der Waals surface area contributed by atoms with Gasteiger partial charge in [-0.1, -0.05) is 37.1 Å². The average molecular weight is 366 g/mol. The normalized spacial score (nSPS) is 26.8. The molecule has 0 aliphatic heterocycles. The fraction of sp³-hybridized carbons (Fsp3) is 0.667. The third-order valence-electron chi connectivity index (χ3n) is 4.81. The highest BCUT2D eigenvalue weighted by Crippen LogP contribution is 2.45. The number of ketones is 1. The van der Waals surface area contributed by atoms with Gasteiger partial charge < -0.3 is 20.4 Å². The molecule has 1 aliphatic rings. The van der Waals surface area contributed by atoms with E-state index in [1.165, 1.54) is 0 Å². The summed E-state index contributed by atoms with van der Waals surface area (Å²) >= 11 is 0. The maximum Gasteiger partial charge on any atom is 0.165 e. The van der Waals surface area contributed by atoms with Crippen molar-refractivity contribution in [1.82, 2.24) is 0 Å². The largest absolute Gasteiger partial charge is 0.509 e. The molecule has 4 atom stereocenters. The van der Waals surface area contributed by atoms with Crippen LogP contribution in [0.15, 0.2) is 34.6 Å². The third-order valence-corrected chi connectivity index (χ3v) is 4.81. The van der Waals surface area contributed by atoms with Gasteiger partial charge in [-0.3, -0.25) is 4.79 Å². The Morgan fingerprint density at radius 3 is 2.15 bits per heavy atom. The van der Waals surface area contributed by atoms with E-state index in [4.69, 9.17) is 0 Å². The van der Waals surface area contributed by atoms with Crippen LogP contribution in [0.25, 0.3) is 0 Å². The second-order valence-electron chi connectivity index (χ2n) is 8.21. The molecule has 0 radical (unpaired) electrons. The summed E-state index contributed by atoms with van der Waals surface area (Å²) in [7, 11) is 0. The average Bonchev–Trinajstić information content (AvgIpc) is 2.69. The number of aliphatic hydroxyl groups excluding tert-OH is 3. The molecular formula is C21H34O5. The topological polar surface area (TPSA) is 98.0 Å². The summed E-state index contributed by atoms with van der Waals surface area (Å²) in [5, 5.41) is 43.2.